The summed E-state index contributed by atoms with van der Waals surface area (Å²) in [6.45, 7) is -0.389. The molecular weight excluding hydrogens is 391 g/mol. The maximum Gasteiger partial charge on any atom is 0.547 e. The molecule has 0 fully saturated rings. The van der Waals surface area contributed by atoms with Crippen LogP contribution in [0, 0.1) is 0 Å². The Morgan fingerprint density at radius 2 is 2.21 bits per heavy atom. The van der Waals surface area contributed by atoms with Gasteiger partial charge in [0.25, 0.3) is 5.91 Å². The highest BCUT2D eigenvalue weighted by atomic mass is 32.1. The highest BCUT2D eigenvalue weighted by Gasteiger charge is 2.39. The molecule has 1 aromatic heterocycles. The average Bonchev–Trinajstić information content (AvgIpc) is 3.08. The molecule has 0 spiro atoms. The van der Waals surface area contributed by atoms with Crippen molar-refractivity contribution in [2.75, 3.05) is 5.73 Å². The molecule has 0 saturated carbocycles. The van der Waals surface area contributed by atoms with Crippen molar-refractivity contribution in [3.63, 3.8) is 0 Å². The Morgan fingerprint density at radius 3 is 2.79 bits per heavy atom. The van der Waals surface area contributed by atoms with Gasteiger partial charge in [0, 0.05) is 5.38 Å². The van der Waals surface area contributed by atoms with Crippen LogP contribution < -0.4 is 15.7 Å². The number of carboxylic acid groups (broad SMARTS) is 1. The van der Waals surface area contributed by atoms with Gasteiger partial charge in [-0.2, -0.15) is 0 Å². The number of carbonyl (C=O) groups excluding carboxylic acids is 1. The normalized spacial score (nSPS) is 16.3. The third kappa shape index (κ3) is 3.76. The molecule has 146 valence electrons. The molecule has 3 rings (SSSR count). The monoisotopic (exact) mass is 406 g/mol. The molecule has 0 radical (unpaired) electrons. The molecule has 0 aliphatic carbocycles. The van der Waals surface area contributed by atoms with Crippen molar-refractivity contribution in [2.24, 2.45) is 5.16 Å². The van der Waals surface area contributed by atoms with Gasteiger partial charge in [0.15, 0.2) is 10.8 Å². The summed E-state index contributed by atoms with van der Waals surface area (Å²) in [6.07, 6.45) is 0.0221. The number of aliphatic hydroxyl groups is 1. The fraction of sp³-hybridized carbons (Fsp3) is 0.200. The van der Waals surface area contributed by atoms with Crippen LogP contribution in [0.3, 0.4) is 0 Å². The lowest BCUT2D eigenvalue weighted by Gasteiger charge is -2.29. The first-order valence-electron chi connectivity index (χ1n) is 7.93. The Hall–Kier alpha value is -3.16. The van der Waals surface area contributed by atoms with Gasteiger partial charge >= 0.3 is 13.1 Å². The van der Waals surface area contributed by atoms with Crippen molar-refractivity contribution < 1.29 is 34.7 Å². The Labute approximate surface area is 162 Å². The van der Waals surface area contributed by atoms with E-state index in [0.717, 1.165) is 11.3 Å². The molecule has 1 amide bonds. The second kappa shape index (κ2) is 7.84. The van der Waals surface area contributed by atoms with Crippen LogP contribution in [0.15, 0.2) is 22.7 Å². The first-order chi connectivity index (χ1) is 13.3. The molecule has 7 N–H and O–H groups in total. The molecule has 0 saturated heterocycles. The van der Waals surface area contributed by atoms with E-state index in [-0.39, 0.29) is 35.2 Å². The smallest absolute Gasteiger partial charge is 0.534 e. The summed E-state index contributed by atoms with van der Waals surface area (Å²) in [6, 6.07) is 2.77. The minimum Gasteiger partial charge on any atom is -0.534 e. The van der Waals surface area contributed by atoms with E-state index in [4.69, 9.17) is 15.6 Å². The van der Waals surface area contributed by atoms with Gasteiger partial charge in [0.1, 0.15) is 17.0 Å². The van der Waals surface area contributed by atoms with Gasteiger partial charge in [0.2, 0.25) is 0 Å². The first-order valence-corrected chi connectivity index (χ1v) is 8.81. The van der Waals surface area contributed by atoms with Crippen molar-refractivity contribution in [3.8, 4) is 5.75 Å². The molecule has 1 aliphatic rings. The van der Waals surface area contributed by atoms with E-state index in [1.807, 2.05) is 0 Å². The Balaban J connectivity index is 1.85. The van der Waals surface area contributed by atoms with Crippen molar-refractivity contribution >= 4 is 41.2 Å². The number of carbonyl (C=O) groups is 2. The van der Waals surface area contributed by atoms with Crippen molar-refractivity contribution in [1.82, 2.24) is 10.3 Å². The van der Waals surface area contributed by atoms with Crippen LogP contribution in [-0.4, -0.2) is 56.1 Å². The van der Waals surface area contributed by atoms with Crippen molar-refractivity contribution in [1.29, 1.82) is 0 Å². The van der Waals surface area contributed by atoms with Crippen LogP contribution in [0.2, 0.25) is 0 Å². The minimum atomic E-state index is -1.55. The highest BCUT2D eigenvalue weighted by Crippen LogP contribution is 2.32. The summed E-state index contributed by atoms with van der Waals surface area (Å²) < 4.78 is 5.30. The summed E-state index contributed by atoms with van der Waals surface area (Å²) in [5.74, 6) is -3.12. The molecule has 2 aromatic rings. The number of nitrogens with one attached hydrogen (secondary N) is 1. The number of aromatic nitrogens is 1. The van der Waals surface area contributed by atoms with E-state index in [9.17, 15) is 24.8 Å². The maximum absolute atomic E-state index is 12.4. The fourth-order valence-corrected chi connectivity index (χ4v) is 3.35. The summed E-state index contributed by atoms with van der Waals surface area (Å²) in [5, 5.41) is 45.0. The first kappa shape index (κ1) is 19.6. The molecular formula is C15H15BN4O7S. The number of anilines is 1. The van der Waals surface area contributed by atoms with E-state index >= 15 is 0 Å². The number of fused-ring (bicyclic) bond motifs is 1. The van der Waals surface area contributed by atoms with E-state index in [1.54, 1.807) is 0 Å². The molecule has 1 aliphatic heterocycles. The number of hydrogen-bond acceptors (Lipinski definition) is 10. The number of nitrogens with two attached hydrogens (primary N) is 1. The second-order valence-corrected chi connectivity index (χ2v) is 6.80. The third-order valence-corrected chi connectivity index (χ3v) is 4.73. The van der Waals surface area contributed by atoms with E-state index in [1.165, 1.54) is 17.5 Å². The molecule has 1 aromatic carbocycles. The lowest BCUT2D eigenvalue weighted by molar-refractivity contribution is -0.115. The van der Waals surface area contributed by atoms with E-state index < -0.39 is 30.6 Å². The van der Waals surface area contributed by atoms with E-state index in [2.05, 4.69) is 15.5 Å². The zero-order chi connectivity index (χ0) is 20.4. The molecule has 11 nitrogen and oxygen atoms in total. The zero-order valence-corrected chi connectivity index (χ0v) is 15.0. The summed E-state index contributed by atoms with van der Waals surface area (Å²) in [5.41, 5.74) is 5.69. The van der Waals surface area contributed by atoms with Gasteiger partial charge in [-0.25, -0.2) is 9.78 Å². The average molecular weight is 406 g/mol. The molecule has 0 bridgehead atoms. The number of rotatable bonds is 5. The van der Waals surface area contributed by atoms with Gasteiger partial charge < -0.3 is 36.1 Å². The third-order valence-electron chi connectivity index (χ3n) is 4.06. The number of nitrogens with zero attached hydrogens (tertiary/aromatic N) is 2. The van der Waals surface area contributed by atoms with Crippen LogP contribution in [0.25, 0.3) is 0 Å². The molecule has 28 heavy (non-hydrogen) atoms. The van der Waals surface area contributed by atoms with Gasteiger partial charge in [-0.05, 0) is 29.7 Å². The zero-order valence-electron chi connectivity index (χ0n) is 14.2. The SMILES string of the molecule is Nc1nc(C(=NO)C(=O)NC2Cc3cc(CO)cc(C(=O)O)c3OB2O)cs1. The lowest BCUT2D eigenvalue weighted by atomic mass is 9.72. The quantitative estimate of drug-likeness (QED) is 0.160. The van der Waals surface area contributed by atoms with Gasteiger partial charge in [0.05, 0.1) is 12.5 Å². The fourth-order valence-electron chi connectivity index (χ4n) is 2.80. The summed E-state index contributed by atoms with van der Waals surface area (Å²) in [7, 11) is -1.55. The Kier molecular flexibility index (Phi) is 5.49. The number of benzene rings is 1. The van der Waals surface area contributed by atoms with E-state index in [0.29, 0.717) is 11.1 Å². The molecule has 2 heterocycles. The minimum absolute atomic E-state index is 0.0221. The topological polar surface area (TPSA) is 188 Å². The molecule has 1 atom stereocenters. The highest BCUT2D eigenvalue weighted by molar-refractivity contribution is 7.13. The predicted molar refractivity (Wildman–Crippen MR) is 98.4 cm³/mol. The van der Waals surface area contributed by atoms with Crippen LogP contribution >= 0.6 is 11.3 Å². The number of carboxylic acids is 1. The van der Waals surface area contributed by atoms with Crippen molar-refractivity contribution in [3.05, 3.63) is 39.9 Å². The number of aromatic carboxylic acids is 1. The number of nitrogen functional groups attached to an aromatic ring is 1. The molecule has 13 heteroatoms. The van der Waals surface area contributed by atoms with Crippen molar-refractivity contribution in [2.45, 2.75) is 19.0 Å². The number of hydrogen-bond donors (Lipinski definition) is 6. The lowest BCUT2D eigenvalue weighted by Crippen LogP contribution is -2.54. The number of aliphatic hydroxyl groups excluding tert-OH is 1. The number of thiazole rings is 1. The van der Waals surface area contributed by atoms with Gasteiger partial charge in [-0.1, -0.05) is 5.16 Å². The number of amides is 1. The summed E-state index contributed by atoms with van der Waals surface area (Å²) in [4.78, 5) is 27.7. The maximum atomic E-state index is 12.4. The van der Waals surface area contributed by atoms with Crippen LogP contribution in [0.5, 0.6) is 5.75 Å². The Bertz CT molecular complexity index is 964. The van der Waals surface area contributed by atoms with Gasteiger partial charge in [-0.15, -0.1) is 11.3 Å². The standard InChI is InChI=1S/C15H15BN4O7S/c17-15-18-9(5-28-15)11(20-26)13(22)19-10-3-7-1-6(4-21)2-8(14(23)24)12(7)27-16(10)25/h1-2,5,10,21,25-26H,3-4H2,(H2,17,18)(H,19,22)(H,23,24). The van der Waals surface area contributed by atoms with Crippen LogP contribution in [0.1, 0.15) is 27.2 Å². The largest absolute Gasteiger partial charge is 0.547 e. The second-order valence-electron chi connectivity index (χ2n) is 5.91. The van der Waals surface area contributed by atoms with Crippen LogP contribution in [0.4, 0.5) is 5.13 Å². The van der Waals surface area contributed by atoms with Crippen LogP contribution in [-0.2, 0) is 17.8 Å². The molecule has 1 unspecified atom stereocenters. The predicted octanol–water partition coefficient (Wildman–Crippen LogP) is -0.766. The Morgan fingerprint density at radius 1 is 1.46 bits per heavy atom. The summed E-state index contributed by atoms with van der Waals surface area (Å²) >= 11 is 1.05. The number of oxime groups is 1. The van der Waals surface area contributed by atoms with Gasteiger partial charge in [-0.3, -0.25) is 4.79 Å².